The maximum absolute atomic E-state index is 13.5. The molecular formula is C18H20F2N2O4. The molecule has 1 aliphatic rings. The number of halogens is 2. The predicted molar refractivity (Wildman–Crippen MR) is 92.9 cm³/mol. The molecule has 0 radical (unpaired) electrons. The fourth-order valence-electron chi connectivity index (χ4n) is 2.46. The van der Waals surface area contributed by atoms with Crippen molar-refractivity contribution in [3.05, 3.63) is 63.0 Å². The molecule has 0 amide bonds. The quantitative estimate of drug-likeness (QED) is 0.381. The monoisotopic (exact) mass is 366 g/mol. The number of allylic oxidation sites excluding steroid dienone is 2. The number of aryl methyl sites for hydroxylation is 1. The summed E-state index contributed by atoms with van der Waals surface area (Å²) >= 11 is 0. The summed E-state index contributed by atoms with van der Waals surface area (Å²) in [6, 6.07) is 1.96. The molecule has 1 aliphatic carbocycles. The first-order valence-electron chi connectivity index (χ1n) is 7.68. The smallest absolute Gasteiger partial charge is 0.273 e. The molecule has 8 heteroatoms. The Kier molecular flexibility index (Phi) is 6.63. The topological polar surface area (TPSA) is 103 Å². The lowest BCUT2D eigenvalue weighted by atomic mass is 9.88. The molecule has 0 fully saturated rings. The van der Waals surface area contributed by atoms with Gasteiger partial charge in [-0.15, -0.1) is 0 Å². The van der Waals surface area contributed by atoms with Gasteiger partial charge in [-0.3, -0.25) is 25.4 Å². The van der Waals surface area contributed by atoms with Crippen LogP contribution in [0.5, 0.6) is 0 Å². The van der Waals surface area contributed by atoms with Crippen LogP contribution in [0, 0.1) is 28.8 Å². The molecule has 0 heterocycles. The van der Waals surface area contributed by atoms with Crippen LogP contribution < -0.4 is 5.73 Å². The van der Waals surface area contributed by atoms with Crippen LogP contribution in [0.15, 0.2) is 35.9 Å². The zero-order valence-corrected chi connectivity index (χ0v) is 14.9. The van der Waals surface area contributed by atoms with Crippen LogP contribution in [-0.2, 0) is 4.79 Å². The molecule has 140 valence electrons. The minimum absolute atomic E-state index is 0.206. The number of Topliss-reactive ketones (excluding diaryl/α,β-unsaturated/α-hetero) is 2. The Morgan fingerprint density at radius 3 is 2.27 bits per heavy atom. The molecule has 2 N–H and O–H groups in total. The SMILES string of the molecule is CC(=O)C1C=CC(C)=CC1(N)F.CC(=O)c1cc([N+](=O)[O-])c(C)cc1F. The highest BCUT2D eigenvalue weighted by Crippen LogP contribution is 2.27. The summed E-state index contributed by atoms with van der Waals surface area (Å²) in [5, 5.41) is 10.5. The number of hydrogen-bond acceptors (Lipinski definition) is 5. The molecule has 0 aromatic heterocycles. The lowest BCUT2D eigenvalue weighted by Crippen LogP contribution is -2.44. The van der Waals surface area contributed by atoms with Gasteiger partial charge in [0.1, 0.15) is 11.6 Å². The Hall–Kier alpha value is -2.74. The highest BCUT2D eigenvalue weighted by Gasteiger charge is 2.36. The van der Waals surface area contributed by atoms with Crippen molar-refractivity contribution in [3.63, 3.8) is 0 Å². The number of nitrogens with zero attached hydrogens (tertiary/aromatic N) is 1. The molecule has 2 unspecified atom stereocenters. The van der Waals surface area contributed by atoms with E-state index in [4.69, 9.17) is 5.73 Å². The minimum atomic E-state index is -2.01. The molecular weight excluding hydrogens is 346 g/mol. The van der Waals surface area contributed by atoms with Crippen LogP contribution in [0.4, 0.5) is 14.5 Å². The first kappa shape index (κ1) is 21.3. The highest BCUT2D eigenvalue weighted by molar-refractivity contribution is 5.95. The maximum Gasteiger partial charge on any atom is 0.273 e. The van der Waals surface area contributed by atoms with E-state index in [1.165, 1.54) is 26.0 Å². The van der Waals surface area contributed by atoms with E-state index in [2.05, 4.69) is 0 Å². The summed E-state index contributed by atoms with van der Waals surface area (Å²) in [4.78, 5) is 31.7. The van der Waals surface area contributed by atoms with Crippen LogP contribution in [-0.4, -0.2) is 22.3 Å². The fraction of sp³-hybridized carbons (Fsp3) is 0.333. The van der Waals surface area contributed by atoms with Gasteiger partial charge in [-0.05, 0) is 39.8 Å². The Bertz CT molecular complexity index is 778. The number of rotatable bonds is 3. The third kappa shape index (κ3) is 5.13. The van der Waals surface area contributed by atoms with Crippen molar-refractivity contribution in [2.24, 2.45) is 11.7 Å². The van der Waals surface area contributed by atoms with E-state index >= 15 is 0 Å². The first-order chi connectivity index (χ1) is 11.9. The summed E-state index contributed by atoms with van der Waals surface area (Å²) < 4.78 is 26.6. The van der Waals surface area contributed by atoms with E-state index in [0.717, 1.165) is 24.6 Å². The molecule has 2 rings (SSSR count). The predicted octanol–water partition coefficient (Wildman–Crippen LogP) is 3.58. The number of carbonyl (C=O) groups is 2. The molecule has 26 heavy (non-hydrogen) atoms. The van der Waals surface area contributed by atoms with E-state index < -0.39 is 28.2 Å². The molecule has 6 nitrogen and oxygen atoms in total. The van der Waals surface area contributed by atoms with Crippen LogP contribution in [0.3, 0.4) is 0 Å². The number of ketones is 2. The van der Waals surface area contributed by atoms with Gasteiger partial charge in [-0.1, -0.05) is 17.7 Å². The normalized spacial score (nSPS) is 21.3. The zero-order valence-electron chi connectivity index (χ0n) is 14.9. The van der Waals surface area contributed by atoms with Crippen molar-refractivity contribution in [1.82, 2.24) is 0 Å². The third-order valence-corrected chi connectivity index (χ3v) is 3.78. The lowest BCUT2D eigenvalue weighted by Gasteiger charge is -2.26. The second-order valence-corrected chi connectivity index (χ2v) is 6.09. The Labute approximate surface area is 149 Å². The number of hydrogen-bond donors (Lipinski definition) is 1. The van der Waals surface area contributed by atoms with Crippen LogP contribution in [0.1, 0.15) is 36.7 Å². The second kappa shape index (κ2) is 8.09. The minimum Gasteiger partial charge on any atom is -0.299 e. The van der Waals surface area contributed by atoms with E-state index in [1.807, 2.05) is 0 Å². The number of nitro groups is 1. The third-order valence-electron chi connectivity index (χ3n) is 3.78. The van der Waals surface area contributed by atoms with Gasteiger partial charge in [0.15, 0.2) is 11.6 Å². The number of benzene rings is 1. The lowest BCUT2D eigenvalue weighted by molar-refractivity contribution is -0.385. The molecule has 1 aromatic rings. The summed E-state index contributed by atoms with van der Waals surface area (Å²) in [5.41, 5.74) is 5.76. The van der Waals surface area contributed by atoms with E-state index in [1.54, 1.807) is 13.0 Å². The number of nitro benzene ring substituents is 1. The van der Waals surface area contributed by atoms with Gasteiger partial charge in [0.25, 0.3) is 5.69 Å². The Balaban J connectivity index is 0.000000263. The van der Waals surface area contributed by atoms with E-state index in [9.17, 15) is 28.5 Å². The molecule has 0 aliphatic heterocycles. The van der Waals surface area contributed by atoms with E-state index in [0.29, 0.717) is 0 Å². The van der Waals surface area contributed by atoms with Crippen molar-refractivity contribution in [2.75, 3.05) is 0 Å². The second-order valence-electron chi connectivity index (χ2n) is 6.09. The number of nitrogens with two attached hydrogens (primary N) is 1. The maximum atomic E-state index is 13.5. The number of alkyl halides is 1. The number of carbonyl (C=O) groups excluding carboxylic acids is 2. The van der Waals surface area contributed by atoms with Gasteiger partial charge in [-0.2, -0.15) is 0 Å². The summed E-state index contributed by atoms with van der Waals surface area (Å²) in [5.74, 6) is -4.34. The van der Waals surface area contributed by atoms with Gasteiger partial charge < -0.3 is 0 Å². The first-order valence-corrected chi connectivity index (χ1v) is 7.68. The summed E-state index contributed by atoms with van der Waals surface area (Å²) in [6.45, 7) is 5.67. The van der Waals surface area contributed by atoms with Crippen LogP contribution in [0.25, 0.3) is 0 Å². The average Bonchev–Trinajstić information content (AvgIpc) is 2.45. The molecule has 0 saturated heterocycles. The molecule has 1 aromatic carbocycles. The van der Waals surface area contributed by atoms with Crippen molar-refractivity contribution < 1.29 is 23.3 Å². The molecule has 0 saturated carbocycles. The molecule has 2 atom stereocenters. The van der Waals surface area contributed by atoms with Crippen molar-refractivity contribution in [1.29, 1.82) is 0 Å². The standard InChI is InChI=1S/C9H8FNO3.C9H12FNO/c1-5-3-8(10)7(6(2)12)4-9(5)11(13)14;1-6-3-4-8(7(2)12)9(10,11)5-6/h3-4H,1-2H3;3-5,8H,11H2,1-2H3. The van der Waals surface area contributed by atoms with E-state index in [-0.39, 0.29) is 22.6 Å². The fourth-order valence-corrected chi connectivity index (χ4v) is 2.46. The van der Waals surface area contributed by atoms with Crippen molar-refractivity contribution in [2.45, 2.75) is 33.5 Å². The molecule has 0 spiro atoms. The van der Waals surface area contributed by atoms with Gasteiger partial charge in [0.2, 0.25) is 0 Å². The largest absolute Gasteiger partial charge is 0.299 e. The van der Waals surface area contributed by atoms with Crippen molar-refractivity contribution in [3.8, 4) is 0 Å². The summed E-state index contributed by atoms with van der Waals surface area (Å²) in [7, 11) is 0. The van der Waals surface area contributed by atoms with Crippen LogP contribution in [0.2, 0.25) is 0 Å². The summed E-state index contributed by atoms with van der Waals surface area (Å²) in [6.07, 6.45) is 4.49. The Morgan fingerprint density at radius 2 is 1.85 bits per heavy atom. The van der Waals surface area contributed by atoms with Gasteiger partial charge in [-0.25, -0.2) is 8.78 Å². The molecule has 0 bridgehead atoms. The highest BCUT2D eigenvalue weighted by atomic mass is 19.1. The van der Waals surface area contributed by atoms with Gasteiger partial charge >= 0.3 is 0 Å². The van der Waals surface area contributed by atoms with Gasteiger partial charge in [0.05, 0.1) is 16.4 Å². The van der Waals surface area contributed by atoms with Gasteiger partial charge in [0, 0.05) is 11.6 Å². The average molecular weight is 366 g/mol. The zero-order chi connectivity index (χ0) is 20.2. The van der Waals surface area contributed by atoms with Crippen molar-refractivity contribution >= 4 is 17.3 Å². The van der Waals surface area contributed by atoms with Crippen LogP contribution >= 0.6 is 0 Å². The Morgan fingerprint density at radius 1 is 1.27 bits per heavy atom.